The summed E-state index contributed by atoms with van der Waals surface area (Å²) >= 11 is 7.35. The van der Waals surface area contributed by atoms with Gasteiger partial charge in [-0.15, -0.1) is 11.3 Å². The maximum Gasteiger partial charge on any atom is 0.276 e. The van der Waals surface area contributed by atoms with Crippen molar-refractivity contribution in [2.45, 2.75) is 25.3 Å². The molecule has 2 heterocycles. The van der Waals surface area contributed by atoms with Crippen molar-refractivity contribution in [2.75, 3.05) is 7.05 Å². The van der Waals surface area contributed by atoms with Crippen LogP contribution in [0.3, 0.4) is 0 Å². The molecule has 0 radical (unpaired) electrons. The van der Waals surface area contributed by atoms with Crippen LogP contribution in [-0.4, -0.2) is 23.0 Å². The van der Waals surface area contributed by atoms with E-state index in [1.807, 2.05) is 12.1 Å². The highest BCUT2D eigenvalue weighted by atomic mass is 35.5. The van der Waals surface area contributed by atoms with Crippen LogP contribution in [0.2, 0.25) is 4.34 Å². The van der Waals surface area contributed by atoms with Gasteiger partial charge in [0, 0.05) is 23.9 Å². The standard InChI is InChI=1S/C13H13ClN2O2S/c1-16(7-9-4-5-12(14)19-9)13(17)10-6-11(18-15-10)8-2-3-8/h4-6,8H,2-3,7H2,1H3. The molecule has 0 aromatic carbocycles. The first-order valence-electron chi connectivity index (χ1n) is 6.10. The molecule has 100 valence electrons. The average Bonchev–Trinajstić information content (AvgIpc) is 2.98. The molecule has 1 amide bonds. The third-order valence-corrected chi connectivity index (χ3v) is 4.31. The molecule has 1 saturated carbocycles. The van der Waals surface area contributed by atoms with E-state index in [1.54, 1.807) is 18.0 Å². The van der Waals surface area contributed by atoms with E-state index in [1.165, 1.54) is 11.3 Å². The number of nitrogens with zero attached hydrogens (tertiary/aromatic N) is 2. The molecule has 4 nitrogen and oxygen atoms in total. The van der Waals surface area contributed by atoms with Crippen molar-refractivity contribution in [3.63, 3.8) is 0 Å². The van der Waals surface area contributed by atoms with Crippen molar-refractivity contribution in [2.24, 2.45) is 0 Å². The van der Waals surface area contributed by atoms with Gasteiger partial charge in [-0.05, 0) is 25.0 Å². The van der Waals surface area contributed by atoms with Crippen LogP contribution in [0, 0.1) is 0 Å². The van der Waals surface area contributed by atoms with E-state index in [4.69, 9.17) is 16.1 Å². The lowest BCUT2D eigenvalue weighted by Crippen LogP contribution is -2.26. The average molecular weight is 297 g/mol. The van der Waals surface area contributed by atoms with Gasteiger partial charge in [0.15, 0.2) is 5.69 Å². The summed E-state index contributed by atoms with van der Waals surface area (Å²) in [6.07, 6.45) is 2.26. The van der Waals surface area contributed by atoms with Crippen LogP contribution >= 0.6 is 22.9 Å². The van der Waals surface area contributed by atoms with E-state index < -0.39 is 0 Å². The summed E-state index contributed by atoms with van der Waals surface area (Å²) in [6, 6.07) is 5.52. The van der Waals surface area contributed by atoms with Gasteiger partial charge in [-0.3, -0.25) is 4.79 Å². The SMILES string of the molecule is CN(Cc1ccc(Cl)s1)C(=O)c1cc(C2CC2)on1. The van der Waals surface area contributed by atoms with E-state index in [0.29, 0.717) is 18.2 Å². The summed E-state index contributed by atoms with van der Waals surface area (Å²) in [5, 5.41) is 3.86. The van der Waals surface area contributed by atoms with Crippen LogP contribution in [0.5, 0.6) is 0 Å². The maximum atomic E-state index is 12.2. The van der Waals surface area contributed by atoms with Gasteiger partial charge in [-0.1, -0.05) is 16.8 Å². The summed E-state index contributed by atoms with van der Waals surface area (Å²) in [5.41, 5.74) is 0.382. The zero-order valence-electron chi connectivity index (χ0n) is 10.4. The normalized spacial score (nSPS) is 14.6. The molecule has 2 aromatic rings. The summed E-state index contributed by atoms with van der Waals surface area (Å²) in [7, 11) is 1.75. The van der Waals surface area contributed by atoms with Crippen LogP contribution in [0.4, 0.5) is 0 Å². The first-order chi connectivity index (χ1) is 9.13. The Hall–Kier alpha value is -1.33. The van der Waals surface area contributed by atoms with Crippen LogP contribution in [0.25, 0.3) is 0 Å². The molecule has 0 N–H and O–H groups in total. The number of hydrogen-bond donors (Lipinski definition) is 0. The van der Waals surface area contributed by atoms with Gasteiger partial charge in [0.1, 0.15) is 5.76 Å². The molecule has 0 saturated heterocycles. The zero-order chi connectivity index (χ0) is 13.4. The second-order valence-corrected chi connectivity index (χ2v) is 6.56. The quantitative estimate of drug-likeness (QED) is 0.867. The lowest BCUT2D eigenvalue weighted by Gasteiger charge is -2.13. The maximum absolute atomic E-state index is 12.2. The number of halogens is 1. The van der Waals surface area contributed by atoms with E-state index >= 15 is 0 Å². The Labute approximate surface area is 120 Å². The fraction of sp³-hybridized carbons (Fsp3) is 0.385. The number of carbonyl (C=O) groups excluding carboxylic acids is 1. The first-order valence-corrected chi connectivity index (χ1v) is 7.29. The highest BCUT2D eigenvalue weighted by molar-refractivity contribution is 7.16. The Kier molecular flexibility index (Phi) is 3.33. The third kappa shape index (κ3) is 2.82. The largest absolute Gasteiger partial charge is 0.360 e. The first kappa shape index (κ1) is 12.7. The minimum atomic E-state index is -0.125. The van der Waals surface area contributed by atoms with E-state index in [-0.39, 0.29) is 5.91 Å². The third-order valence-electron chi connectivity index (χ3n) is 3.10. The van der Waals surface area contributed by atoms with E-state index in [0.717, 1.165) is 27.8 Å². The molecule has 19 heavy (non-hydrogen) atoms. The number of rotatable bonds is 4. The molecule has 1 aliphatic carbocycles. The van der Waals surface area contributed by atoms with Crippen molar-refractivity contribution in [3.05, 3.63) is 38.9 Å². The van der Waals surface area contributed by atoms with Crippen LogP contribution < -0.4 is 0 Å². The fourth-order valence-corrected chi connectivity index (χ4v) is 3.03. The lowest BCUT2D eigenvalue weighted by atomic mass is 10.2. The molecule has 6 heteroatoms. The minimum absolute atomic E-state index is 0.125. The van der Waals surface area contributed by atoms with Crippen molar-refractivity contribution in [1.29, 1.82) is 0 Å². The van der Waals surface area contributed by atoms with Gasteiger partial charge < -0.3 is 9.42 Å². The number of hydrogen-bond acceptors (Lipinski definition) is 4. The molecule has 0 atom stereocenters. The highest BCUT2D eigenvalue weighted by Gasteiger charge is 2.29. The second-order valence-electron chi connectivity index (χ2n) is 4.76. The molecule has 0 aliphatic heterocycles. The molecule has 1 aliphatic rings. The Morgan fingerprint density at radius 1 is 1.58 bits per heavy atom. The molecule has 0 spiro atoms. The van der Waals surface area contributed by atoms with Crippen LogP contribution in [0.15, 0.2) is 22.7 Å². The van der Waals surface area contributed by atoms with Crippen LogP contribution in [-0.2, 0) is 6.54 Å². The van der Waals surface area contributed by atoms with Gasteiger partial charge in [0.2, 0.25) is 0 Å². The summed E-state index contributed by atoms with van der Waals surface area (Å²) < 4.78 is 5.93. The summed E-state index contributed by atoms with van der Waals surface area (Å²) in [5.74, 6) is 1.17. The van der Waals surface area contributed by atoms with Crippen molar-refractivity contribution >= 4 is 28.8 Å². The Morgan fingerprint density at radius 2 is 2.37 bits per heavy atom. The van der Waals surface area contributed by atoms with Crippen molar-refractivity contribution in [1.82, 2.24) is 10.1 Å². The Bertz CT molecular complexity index is 603. The molecule has 1 fully saturated rings. The molecular weight excluding hydrogens is 284 g/mol. The Morgan fingerprint density at radius 3 is 3.00 bits per heavy atom. The summed E-state index contributed by atoms with van der Waals surface area (Å²) in [6.45, 7) is 0.530. The fourth-order valence-electron chi connectivity index (χ4n) is 1.89. The smallest absolute Gasteiger partial charge is 0.276 e. The number of amides is 1. The molecule has 3 rings (SSSR count). The number of aromatic nitrogens is 1. The molecular formula is C13H13ClN2O2S. The monoisotopic (exact) mass is 296 g/mol. The predicted molar refractivity (Wildman–Crippen MR) is 73.6 cm³/mol. The van der Waals surface area contributed by atoms with Gasteiger partial charge in [-0.25, -0.2) is 0 Å². The summed E-state index contributed by atoms with van der Waals surface area (Å²) in [4.78, 5) is 14.9. The van der Waals surface area contributed by atoms with Crippen molar-refractivity contribution in [3.8, 4) is 0 Å². The topological polar surface area (TPSA) is 46.3 Å². The van der Waals surface area contributed by atoms with Crippen molar-refractivity contribution < 1.29 is 9.32 Å². The predicted octanol–water partition coefficient (Wildman–Crippen LogP) is 3.54. The molecule has 0 unspecified atom stereocenters. The van der Waals surface area contributed by atoms with Crippen LogP contribution in [0.1, 0.15) is 39.9 Å². The minimum Gasteiger partial charge on any atom is -0.360 e. The highest BCUT2D eigenvalue weighted by Crippen LogP contribution is 2.40. The Balaban J connectivity index is 1.67. The zero-order valence-corrected chi connectivity index (χ0v) is 12.0. The van der Waals surface area contributed by atoms with E-state index in [2.05, 4.69) is 5.16 Å². The van der Waals surface area contributed by atoms with E-state index in [9.17, 15) is 4.79 Å². The second kappa shape index (κ2) is 4.98. The number of carbonyl (C=O) groups is 1. The number of thiophene rings is 1. The molecule has 0 bridgehead atoms. The molecule has 2 aromatic heterocycles. The van der Waals surface area contributed by atoms with Gasteiger partial charge in [-0.2, -0.15) is 0 Å². The van der Waals surface area contributed by atoms with Gasteiger partial charge in [0.25, 0.3) is 5.91 Å². The lowest BCUT2D eigenvalue weighted by molar-refractivity contribution is 0.0776. The van der Waals surface area contributed by atoms with Gasteiger partial charge >= 0.3 is 0 Å². The van der Waals surface area contributed by atoms with Gasteiger partial charge in [0.05, 0.1) is 10.9 Å².